The number of benzene rings is 1. The summed E-state index contributed by atoms with van der Waals surface area (Å²) in [5, 5.41) is 7.26. The Kier molecular flexibility index (Phi) is 4.99. The third kappa shape index (κ3) is 3.38. The molecule has 1 aromatic carbocycles. The van der Waals surface area contributed by atoms with Gasteiger partial charge in [0, 0.05) is 30.7 Å². The smallest absolute Gasteiger partial charge is 0.278 e. The van der Waals surface area contributed by atoms with Crippen LogP contribution in [-0.4, -0.2) is 30.9 Å². The van der Waals surface area contributed by atoms with Crippen LogP contribution in [0, 0.1) is 0 Å². The highest BCUT2D eigenvalue weighted by Gasteiger charge is 2.18. The molecule has 3 aromatic heterocycles. The maximum Gasteiger partial charge on any atom is 0.278 e. The van der Waals surface area contributed by atoms with Gasteiger partial charge in [-0.2, -0.15) is 4.98 Å². The topological polar surface area (TPSA) is 89.7 Å². The standard InChI is InChI=1S/C23H25N7O/c1-3-16-8-6-10-20(26-16)30-21-18(22(31)29(30)4-2)14-25-23(28-21)27-19-9-5-7-15-13-24-12-11-17(15)19/h5-10,14,24H,3-4,11-13H2,1-2H3,(H,25,27,28). The highest BCUT2D eigenvalue weighted by molar-refractivity contribution is 5.77. The monoisotopic (exact) mass is 415 g/mol. The lowest BCUT2D eigenvalue weighted by Crippen LogP contribution is -2.24. The molecule has 1 aliphatic heterocycles. The molecule has 0 amide bonds. The van der Waals surface area contributed by atoms with Crippen molar-refractivity contribution in [1.29, 1.82) is 0 Å². The molecular formula is C23H25N7O. The van der Waals surface area contributed by atoms with Crippen LogP contribution in [-0.2, 0) is 25.9 Å². The summed E-state index contributed by atoms with van der Waals surface area (Å²) in [6.45, 7) is 6.33. The summed E-state index contributed by atoms with van der Waals surface area (Å²) in [6.07, 6.45) is 3.38. The number of aryl methyl sites for hydroxylation is 1. The Morgan fingerprint density at radius 2 is 2.00 bits per heavy atom. The first kappa shape index (κ1) is 19.4. The molecule has 0 saturated heterocycles. The summed E-state index contributed by atoms with van der Waals surface area (Å²) in [6, 6.07) is 12.1. The van der Waals surface area contributed by atoms with Crippen molar-refractivity contribution in [1.82, 2.24) is 29.6 Å². The summed E-state index contributed by atoms with van der Waals surface area (Å²) in [5.41, 5.74) is 4.98. The van der Waals surface area contributed by atoms with E-state index < -0.39 is 0 Å². The van der Waals surface area contributed by atoms with Gasteiger partial charge in [-0.3, -0.25) is 4.79 Å². The maximum absolute atomic E-state index is 13.0. The van der Waals surface area contributed by atoms with E-state index in [-0.39, 0.29) is 5.56 Å². The molecule has 0 atom stereocenters. The second-order valence-corrected chi connectivity index (χ2v) is 7.60. The van der Waals surface area contributed by atoms with Gasteiger partial charge in [-0.05, 0) is 55.6 Å². The van der Waals surface area contributed by atoms with E-state index in [0.717, 1.165) is 37.3 Å². The molecule has 0 saturated carbocycles. The molecular weight excluding hydrogens is 390 g/mol. The summed E-state index contributed by atoms with van der Waals surface area (Å²) in [4.78, 5) is 26.9. The molecule has 0 spiro atoms. The number of fused-ring (bicyclic) bond motifs is 2. The zero-order valence-corrected chi connectivity index (χ0v) is 17.7. The predicted octanol–water partition coefficient (Wildman–Crippen LogP) is 2.95. The number of hydrogen-bond donors (Lipinski definition) is 2. The fourth-order valence-corrected chi connectivity index (χ4v) is 4.16. The second-order valence-electron chi connectivity index (χ2n) is 7.60. The summed E-state index contributed by atoms with van der Waals surface area (Å²) < 4.78 is 3.45. The van der Waals surface area contributed by atoms with Crippen LogP contribution in [0.4, 0.5) is 11.6 Å². The molecule has 0 bridgehead atoms. The first-order chi connectivity index (χ1) is 15.2. The number of nitrogens with zero attached hydrogens (tertiary/aromatic N) is 5. The van der Waals surface area contributed by atoms with E-state index in [1.165, 1.54) is 11.1 Å². The Hall–Kier alpha value is -3.52. The number of anilines is 2. The van der Waals surface area contributed by atoms with Crippen molar-refractivity contribution >= 4 is 22.7 Å². The van der Waals surface area contributed by atoms with Crippen LogP contribution in [0.15, 0.2) is 47.4 Å². The summed E-state index contributed by atoms with van der Waals surface area (Å²) >= 11 is 0. The van der Waals surface area contributed by atoms with Crippen molar-refractivity contribution < 1.29 is 0 Å². The maximum atomic E-state index is 13.0. The van der Waals surface area contributed by atoms with E-state index >= 15 is 0 Å². The van der Waals surface area contributed by atoms with Gasteiger partial charge in [-0.25, -0.2) is 19.3 Å². The molecule has 8 heteroatoms. The lowest BCUT2D eigenvalue weighted by Gasteiger charge is -2.20. The molecule has 0 unspecified atom stereocenters. The van der Waals surface area contributed by atoms with Gasteiger partial charge >= 0.3 is 0 Å². The first-order valence-corrected chi connectivity index (χ1v) is 10.7. The molecule has 158 valence electrons. The fourth-order valence-electron chi connectivity index (χ4n) is 4.16. The van der Waals surface area contributed by atoms with Crippen LogP contribution in [0.1, 0.15) is 30.7 Å². The Bertz CT molecular complexity index is 1320. The van der Waals surface area contributed by atoms with Gasteiger partial charge in [0.15, 0.2) is 11.5 Å². The SMILES string of the molecule is CCc1cccc(-n2c3nc(Nc4cccc5c4CCNC5)ncc3c(=O)n2CC)n1. The van der Waals surface area contributed by atoms with Gasteiger partial charge < -0.3 is 10.6 Å². The lowest BCUT2D eigenvalue weighted by atomic mass is 9.99. The molecule has 0 fully saturated rings. The molecule has 4 aromatic rings. The number of rotatable bonds is 5. The second kappa shape index (κ2) is 7.96. The van der Waals surface area contributed by atoms with Gasteiger partial charge in [-0.1, -0.05) is 25.1 Å². The number of pyridine rings is 1. The van der Waals surface area contributed by atoms with Crippen LogP contribution in [0.3, 0.4) is 0 Å². The summed E-state index contributed by atoms with van der Waals surface area (Å²) in [7, 11) is 0. The Morgan fingerprint density at radius 3 is 2.84 bits per heavy atom. The van der Waals surface area contributed by atoms with Crippen LogP contribution >= 0.6 is 0 Å². The van der Waals surface area contributed by atoms with Crippen molar-refractivity contribution in [3.8, 4) is 5.82 Å². The Labute approximate surface area is 180 Å². The zero-order valence-electron chi connectivity index (χ0n) is 17.7. The molecule has 31 heavy (non-hydrogen) atoms. The Morgan fingerprint density at radius 1 is 1.13 bits per heavy atom. The van der Waals surface area contributed by atoms with Crippen molar-refractivity contribution in [2.45, 2.75) is 39.8 Å². The third-order valence-electron chi connectivity index (χ3n) is 5.73. The van der Waals surface area contributed by atoms with Crippen molar-refractivity contribution in [3.05, 3.63) is 69.8 Å². The number of hydrogen-bond acceptors (Lipinski definition) is 6. The van der Waals surface area contributed by atoms with Crippen molar-refractivity contribution in [3.63, 3.8) is 0 Å². The van der Waals surface area contributed by atoms with Crippen molar-refractivity contribution in [2.75, 3.05) is 11.9 Å². The van der Waals surface area contributed by atoms with E-state index in [9.17, 15) is 4.79 Å². The van der Waals surface area contributed by atoms with E-state index in [0.29, 0.717) is 29.3 Å². The zero-order chi connectivity index (χ0) is 21.4. The van der Waals surface area contributed by atoms with Gasteiger partial charge in [0.2, 0.25) is 5.95 Å². The van der Waals surface area contributed by atoms with Crippen LogP contribution in [0.2, 0.25) is 0 Å². The molecule has 1 aliphatic rings. The van der Waals surface area contributed by atoms with Gasteiger partial charge in [0.05, 0.1) is 0 Å². The fraction of sp³-hybridized carbons (Fsp3) is 0.304. The molecule has 4 heterocycles. The third-order valence-corrected chi connectivity index (χ3v) is 5.73. The largest absolute Gasteiger partial charge is 0.324 e. The van der Waals surface area contributed by atoms with Gasteiger partial charge in [-0.15, -0.1) is 0 Å². The van der Waals surface area contributed by atoms with E-state index in [4.69, 9.17) is 9.97 Å². The average molecular weight is 416 g/mol. The van der Waals surface area contributed by atoms with E-state index in [2.05, 4.69) is 28.6 Å². The average Bonchev–Trinajstić information content (AvgIpc) is 3.10. The molecule has 5 rings (SSSR count). The minimum atomic E-state index is -0.115. The van der Waals surface area contributed by atoms with E-state index in [1.807, 2.05) is 37.3 Å². The highest BCUT2D eigenvalue weighted by Crippen LogP contribution is 2.26. The molecule has 2 N–H and O–H groups in total. The van der Waals surface area contributed by atoms with Crippen LogP contribution in [0.25, 0.3) is 16.9 Å². The lowest BCUT2D eigenvalue weighted by molar-refractivity contribution is 0.567. The van der Waals surface area contributed by atoms with Crippen LogP contribution in [0.5, 0.6) is 0 Å². The highest BCUT2D eigenvalue weighted by atomic mass is 16.1. The molecule has 8 nitrogen and oxygen atoms in total. The minimum absolute atomic E-state index is 0.115. The van der Waals surface area contributed by atoms with Gasteiger partial charge in [0.25, 0.3) is 5.56 Å². The predicted molar refractivity (Wildman–Crippen MR) is 121 cm³/mol. The van der Waals surface area contributed by atoms with Crippen molar-refractivity contribution in [2.24, 2.45) is 0 Å². The quantitative estimate of drug-likeness (QED) is 0.521. The van der Waals surface area contributed by atoms with Gasteiger partial charge in [0.1, 0.15) is 5.39 Å². The molecule has 0 aliphatic carbocycles. The Balaban J connectivity index is 1.64. The normalized spacial score (nSPS) is 13.4. The number of aromatic nitrogens is 5. The molecule has 0 radical (unpaired) electrons. The minimum Gasteiger partial charge on any atom is -0.324 e. The first-order valence-electron chi connectivity index (χ1n) is 10.7. The van der Waals surface area contributed by atoms with E-state index in [1.54, 1.807) is 15.6 Å². The number of nitrogens with one attached hydrogen (secondary N) is 2. The summed E-state index contributed by atoms with van der Waals surface area (Å²) in [5.74, 6) is 1.15. The van der Waals surface area contributed by atoms with Crippen LogP contribution < -0.4 is 16.2 Å².